The average molecular weight is 373 g/mol. The van der Waals surface area contributed by atoms with E-state index in [9.17, 15) is 4.79 Å². The molecule has 0 amide bonds. The summed E-state index contributed by atoms with van der Waals surface area (Å²) in [6.07, 6.45) is 3.95. The van der Waals surface area contributed by atoms with Crippen molar-refractivity contribution in [3.8, 4) is 11.4 Å². The first-order chi connectivity index (χ1) is 13.5. The molecule has 0 aliphatic rings. The first kappa shape index (κ1) is 17.9. The van der Waals surface area contributed by atoms with E-state index in [1.54, 1.807) is 7.11 Å². The van der Waals surface area contributed by atoms with E-state index in [4.69, 9.17) is 4.74 Å². The number of aromatic amines is 1. The van der Waals surface area contributed by atoms with E-state index in [1.165, 1.54) is 11.1 Å². The van der Waals surface area contributed by atoms with E-state index in [2.05, 4.69) is 23.3 Å². The lowest BCUT2D eigenvalue weighted by molar-refractivity contribution is 0.413. The Labute approximate surface area is 163 Å². The van der Waals surface area contributed by atoms with Gasteiger partial charge in [0.05, 0.1) is 12.8 Å². The molecule has 0 unspecified atom stereocenters. The Morgan fingerprint density at radius 2 is 1.79 bits per heavy atom. The Morgan fingerprint density at radius 1 is 1.04 bits per heavy atom. The Hall–Kier alpha value is -3.47. The average Bonchev–Trinajstić information content (AvgIpc) is 3.22. The van der Waals surface area contributed by atoms with Crippen LogP contribution in [-0.2, 0) is 6.54 Å². The zero-order chi connectivity index (χ0) is 19.7. The van der Waals surface area contributed by atoms with Crippen LogP contribution in [-0.4, -0.2) is 16.7 Å². The number of methoxy groups -OCH3 is 1. The van der Waals surface area contributed by atoms with Crippen LogP contribution in [0.15, 0.2) is 65.7 Å². The maximum Gasteiger partial charge on any atom is 0.253 e. The maximum absolute atomic E-state index is 12.5. The molecule has 2 aromatic carbocycles. The molecule has 0 aliphatic carbocycles. The largest absolute Gasteiger partial charge is 0.494 e. The monoisotopic (exact) mass is 373 g/mol. The molecule has 5 nitrogen and oxygen atoms in total. The minimum atomic E-state index is -0.0702. The molecule has 2 N–H and O–H groups in total. The van der Waals surface area contributed by atoms with Gasteiger partial charge in [-0.1, -0.05) is 0 Å². The second-order valence-corrected chi connectivity index (χ2v) is 6.98. The van der Waals surface area contributed by atoms with Crippen molar-refractivity contribution in [2.24, 2.45) is 0 Å². The first-order valence-electron chi connectivity index (χ1n) is 9.23. The molecule has 4 aromatic rings. The van der Waals surface area contributed by atoms with Gasteiger partial charge in [-0.15, -0.1) is 0 Å². The van der Waals surface area contributed by atoms with Crippen molar-refractivity contribution in [3.63, 3.8) is 0 Å². The summed E-state index contributed by atoms with van der Waals surface area (Å²) in [5, 5.41) is 4.37. The number of fused-ring (bicyclic) bond motifs is 1. The van der Waals surface area contributed by atoms with Crippen LogP contribution in [0.1, 0.15) is 16.7 Å². The number of hydrogen-bond donors (Lipinski definition) is 2. The number of aryl methyl sites for hydroxylation is 2. The molecule has 0 aliphatic heterocycles. The van der Waals surface area contributed by atoms with Crippen molar-refractivity contribution < 1.29 is 4.74 Å². The zero-order valence-electron chi connectivity index (χ0n) is 16.2. The van der Waals surface area contributed by atoms with Gasteiger partial charge in [-0.05, 0) is 72.8 Å². The minimum absolute atomic E-state index is 0.0702. The van der Waals surface area contributed by atoms with Gasteiger partial charge in [0.2, 0.25) is 0 Å². The number of aromatic nitrogens is 2. The lowest BCUT2D eigenvalue weighted by atomic mass is 10.0. The summed E-state index contributed by atoms with van der Waals surface area (Å²) < 4.78 is 7.54. The van der Waals surface area contributed by atoms with Gasteiger partial charge < -0.3 is 19.6 Å². The van der Waals surface area contributed by atoms with Crippen LogP contribution >= 0.6 is 0 Å². The number of anilines is 1. The second kappa shape index (κ2) is 7.27. The van der Waals surface area contributed by atoms with Crippen molar-refractivity contribution in [2.45, 2.75) is 20.4 Å². The molecule has 142 valence electrons. The van der Waals surface area contributed by atoms with Gasteiger partial charge in [0.1, 0.15) is 5.75 Å². The van der Waals surface area contributed by atoms with E-state index >= 15 is 0 Å². The van der Waals surface area contributed by atoms with Crippen LogP contribution in [0, 0.1) is 13.8 Å². The normalized spacial score (nSPS) is 11.0. The molecule has 2 aromatic heterocycles. The third kappa shape index (κ3) is 3.39. The predicted octanol–water partition coefficient (Wildman–Crippen LogP) is 4.56. The number of nitrogens with zero attached hydrogens (tertiary/aromatic N) is 1. The van der Waals surface area contributed by atoms with Gasteiger partial charge >= 0.3 is 0 Å². The highest BCUT2D eigenvalue weighted by atomic mass is 16.5. The lowest BCUT2D eigenvalue weighted by Crippen LogP contribution is -2.15. The second-order valence-electron chi connectivity index (χ2n) is 6.98. The predicted molar refractivity (Wildman–Crippen MR) is 114 cm³/mol. The van der Waals surface area contributed by atoms with Crippen molar-refractivity contribution in [1.82, 2.24) is 9.55 Å². The van der Waals surface area contributed by atoms with Crippen LogP contribution < -0.4 is 15.6 Å². The highest BCUT2D eigenvalue weighted by Crippen LogP contribution is 2.27. The van der Waals surface area contributed by atoms with Gasteiger partial charge in [0.25, 0.3) is 5.56 Å². The van der Waals surface area contributed by atoms with Gasteiger partial charge in [0.15, 0.2) is 0 Å². The highest BCUT2D eigenvalue weighted by Gasteiger charge is 2.08. The molecule has 28 heavy (non-hydrogen) atoms. The summed E-state index contributed by atoms with van der Waals surface area (Å²) in [5.74, 6) is 0.764. The van der Waals surface area contributed by atoms with Gasteiger partial charge in [-0.25, -0.2) is 0 Å². The van der Waals surface area contributed by atoms with Gasteiger partial charge in [0, 0.05) is 41.8 Å². The van der Waals surface area contributed by atoms with Crippen LogP contribution in [0.3, 0.4) is 0 Å². The minimum Gasteiger partial charge on any atom is -0.494 e. The lowest BCUT2D eigenvalue weighted by Gasteiger charge is -2.13. The summed E-state index contributed by atoms with van der Waals surface area (Å²) in [7, 11) is 1.66. The third-order valence-corrected chi connectivity index (χ3v) is 5.08. The number of hydrogen-bond acceptors (Lipinski definition) is 3. The summed E-state index contributed by atoms with van der Waals surface area (Å²) in [4.78, 5) is 15.4. The molecule has 0 bridgehead atoms. The molecule has 4 rings (SSSR count). The van der Waals surface area contributed by atoms with Crippen LogP contribution in [0.2, 0.25) is 0 Å². The molecule has 2 heterocycles. The molecule has 0 radical (unpaired) electrons. The number of rotatable bonds is 5. The van der Waals surface area contributed by atoms with E-state index < -0.39 is 0 Å². The fourth-order valence-corrected chi connectivity index (χ4v) is 3.35. The standard InChI is InChI=1S/C23H23N3O2/c1-15-10-17-12-18(23(27)25-20(17)11-16(15)2)14-24-19-6-7-21(22(13-19)28-3)26-8-4-5-9-26/h4-13,24H,14H2,1-3H3,(H,25,27). The number of pyridine rings is 1. The molecular weight excluding hydrogens is 350 g/mol. The van der Waals surface area contributed by atoms with E-state index in [0.717, 1.165) is 28.0 Å². The zero-order valence-corrected chi connectivity index (χ0v) is 16.2. The Bertz CT molecular complexity index is 1190. The van der Waals surface area contributed by atoms with E-state index in [0.29, 0.717) is 12.1 Å². The summed E-state index contributed by atoms with van der Waals surface area (Å²) in [6.45, 7) is 4.56. The number of nitrogens with one attached hydrogen (secondary N) is 2. The molecular formula is C23H23N3O2. The maximum atomic E-state index is 12.5. The Morgan fingerprint density at radius 3 is 2.54 bits per heavy atom. The fraction of sp³-hybridized carbons (Fsp3) is 0.174. The molecule has 0 saturated heterocycles. The molecule has 0 fully saturated rings. The number of H-pyrrole nitrogens is 1. The smallest absolute Gasteiger partial charge is 0.253 e. The topological polar surface area (TPSA) is 59.0 Å². The van der Waals surface area contributed by atoms with Crippen molar-refractivity contribution in [3.05, 3.63) is 88.0 Å². The summed E-state index contributed by atoms with van der Waals surface area (Å²) in [5.41, 5.74) is 5.74. The Kier molecular flexibility index (Phi) is 4.65. The van der Waals surface area contributed by atoms with Crippen molar-refractivity contribution in [2.75, 3.05) is 12.4 Å². The quantitative estimate of drug-likeness (QED) is 0.539. The van der Waals surface area contributed by atoms with Crippen LogP contribution in [0.5, 0.6) is 5.75 Å². The number of benzene rings is 2. The fourth-order valence-electron chi connectivity index (χ4n) is 3.35. The van der Waals surface area contributed by atoms with E-state index in [-0.39, 0.29) is 5.56 Å². The molecule has 0 saturated carbocycles. The third-order valence-electron chi connectivity index (χ3n) is 5.08. The Balaban J connectivity index is 1.60. The molecule has 5 heteroatoms. The van der Waals surface area contributed by atoms with Crippen LogP contribution in [0.25, 0.3) is 16.6 Å². The van der Waals surface area contributed by atoms with E-state index in [1.807, 2.05) is 66.3 Å². The highest BCUT2D eigenvalue weighted by molar-refractivity contribution is 5.80. The van der Waals surface area contributed by atoms with Crippen molar-refractivity contribution in [1.29, 1.82) is 0 Å². The van der Waals surface area contributed by atoms with Gasteiger partial charge in [-0.3, -0.25) is 4.79 Å². The van der Waals surface area contributed by atoms with Crippen LogP contribution in [0.4, 0.5) is 5.69 Å². The first-order valence-corrected chi connectivity index (χ1v) is 9.23. The van der Waals surface area contributed by atoms with Crippen molar-refractivity contribution >= 4 is 16.6 Å². The number of ether oxygens (including phenoxy) is 1. The van der Waals surface area contributed by atoms with Gasteiger partial charge in [-0.2, -0.15) is 0 Å². The summed E-state index contributed by atoms with van der Waals surface area (Å²) >= 11 is 0. The SMILES string of the molecule is COc1cc(NCc2cc3cc(C)c(C)cc3[nH]c2=O)ccc1-n1cccc1. The molecule has 0 spiro atoms. The molecule has 0 atom stereocenters. The summed E-state index contributed by atoms with van der Waals surface area (Å²) in [6, 6.07) is 16.0.